The number of thiazole rings is 1. The van der Waals surface area contributed by atoms with E-state index >= 15 is 0 Å². The van der Waals surface area contributed by atoms with Crippen molar-refractivity contribution in [2.24, 2.45) is 0 Å². The van der Waals surface area contributed by atoms with Crippen LogP contribution in [0, 0.1) is 6.92 Å². The van der Waals surface area contributed by atoms with Gasteiger partial charge in [0.15, 0.2) is 0 Å². The highest BCUT2D eigenvalue weighted by Crippen LogP contribution is 2.27. The third kappa shape index (κ3) is 4.97. The molecule has 32 heavy (non-hydrogen) atoms. The molecule has 0 unspecified atom stereocenters. The quantitative estimate of drug-likeness (QED) is 0.415. The predicted octanol–water partition coefficient (Wildman–Crippen LogP) is 4.89. The van der Waals surface area contributed by atoms with Gasteiger partial charge in [0.2, 0.25) is 11.0 Å². The summed E-state index contributed by atoms with van der Waals surface area (Å²) >= 11 is 1.47. The first-order valence-electron chi connectivity index (χ1n) is 10.2. The van der Waals surface area contributed by atoms with E-state index in [0.29, 0.717) is 17.6 Å². The largest absolute Gasteiger partial charge is 0.497 e. The Morgan fingerprint density at radius 2 is 1.81 bits per heavy atom. The predicted molar refractivity (Wildman–Crippen MR) is 126 cm³/mol. The van der Waals surface area contributed by atoms with Crippen molar-refractivity contribution < 1.29 is 14.3 Å². The van der Waals surface area contributed by atoms with Gasteiger partial charge in [-0.25, -0.2) is 4.98 Å². The van der Waals surface area contributed by atoms with E-state index in [9.17, 15) is 4.79 Å². The van der Waals surface area contributed by atoms with E-state index in [0.717, 1.165) is 34.0 Å². The Hall–Kier alpha value is -3.65. The lowest BCUT2D eigenvalue weighted by Gasteiger charge is -2.08. The fraction of sp³-hybridized carbons (Fsp3) is 0.208. The third-order valence-electron chi connectivity index (χ3n) is 4.76. The molecule has 0 fully saturated rings. The summed E-state index contributed by atoms with van der Waals surface area (Å²) in [6, 6.07) is 17.1. The fourth-order valence-corrected chi connectivity index (χ4v) is 4.03. The number of hydrogen-bond acceptors (Lipinski definition) is 6. The number of benzene rings is 2. The Morgan fingerprint density at radius 3 is 2.50 bits per heavy atom. The average Bonchev–Trinajstić information content (AvgIpc) is 3.42. The highest BCUT2D eigenvalue weighted by Gasteiger charge is 2.15. The standard InChI is InChI=1S/C24H24N4O3S/c1-4-31-20-9-5-17(6-10-20)14-23(29)26-22-13-16(2)27-28(22)24-25-21(15-32-24)18-7-11-19(30-3)12-8-18/h5-13,15H,4,14H2,1-3H3,(H,26,29). The van der Waals surface area contributed by atoms with Gasteiger partial charge in [-0.05, 0) is 55.8 Å². The van der Waals surface area contributed by atoms with Crippen molar-refractivity contribution >= 4 is 23.1 Å². The van der Waals surface area contributed by atoms with Crippen LogP contribution in [-0.4, -0.2) is 34.4 Å². The molecule has 0 aliphatic carbocycles. The van der Waals surface area contributed by atoms with E-state index in [1.807, 2.05) is 73.8 Å². The molecule has 0 aliphatic heterocycles. The van der Waals surface area contributed by atoms with E-state index in [1.165, 1.54) is 11.3 Å². The molecule has 0 bridgehead atoms. The highest BCUT2D eigenvalue weighted by atomic mass is 32.1. The van der Waals surface area contributed by atoms with Gasteiger partial charge in [0.25, 0.3) is 0 Å². The van der Waals surface area contributed by atoms with Gasteiger partial charge < -0.3 is 14.8 Å². The maximum atomic E-state index is 12.7. The second-order valence-corrected chi connectivity index (χ2v) is 7.97. The lowest BCUT2D eigenvalue weighted by molar-refractivity contribution is -0.115. The Bertz CT molecular complexity index is 1200. The lowest BCUT2D eigenvalue weighted by Crippen LogP contribution is -2.17. The van der Waals surface area contributed by atoms with Crippen molar-refractivity contribution in [1.29, 1.82) is 0 Å². The molecule has 4 aromatic rings. The molecule has 4 rings (SSSR count). The third-order valence-corrected chi connectivity index (χ3v) is 5.57. The van der Waals surface area contributed by atoms with Crippen molar-refractivity contribution in [3.8, 4) is 27.9 Å². The molecule has 0 aliphatic rings. The molecule has 1 N–H and O–H groups in total. The molecule has 0 atom stereocenters. The van der Waals surface area contributed by atoms with Crippen molar-refractivity contribution in [2.75, 3.05) is 19.0 Å². The highest BCUT2D eigenvalue weighted by molar-refractivity contribution is 7.12. The number of aromatic nitrogens is 3. The minimum Gasteiger partial charge on any atom is -0.497 e. The van der Waals surface area contributed by atoms with E-state index in [4.69, 9.17) is 14.5 Å². The normalized spacial score (nSPS) is 10.7. The number of nitrogens with zero attached hydrogens (tertiary/aromatic N) is 3. The summed E-state index contributed by atoms with van der Waals surface area (Å²) in [5.74, 6) is 2.06. The van der Waals surface area contributed by atoms with Crippen LogP contribution in [0.15, 0.2) is 60.0 Å². The van der Waals surface area contributed by atoms with Crippen LogP contribution in [0.3, 0.4) is 0 Å². The Labute approximate surface area is 190 Å². The van der Waals surface area contributed by atoms with Crippen LogP contribution in [0.2, 0.25) is 0 Å². The Balaban J connectivity index is 1.49. The molecule has 0 radical (unpaired) electrons. The number of nitrogens with one attached hydrogen (secondary N) is 1. The van der Waals surface area contributed by atoms with E-state index in [2.05, 4.69) is 10.4 Å². The summed E-state index contributed by atoms with van der Waals surface area (Å²) in [4.78, 5) is 17.4. The molecule has 2 aromatic heterocycles. The lowest BCUT2D eigenvalue weighted by atomic mass is 10.1. The molecule has 0 spiro atoms. The summed E-state index contributed by atoms with van der Waals surface area (Å²) in [6.07, 6.45) is 0.256. The Morgan fingerprint density at radius 1 is 1.09 bits per heavy atom. The number of aryl methyl sites for hydroxylation is 1. The number of carbonyl (C=O) groups excluding carboxylic acids is 1. The zero-order valence-corrected chi connectivity index (χ0v) is 19.0. The monoisotopic (exact) mass is 448 g/mol. The molecule has 7 nitrogen and oxygen atoms in total. The number of rotatable bonds is 8. The van der Waals surface area contributed by atoms with Gasteiger partial charge >= 0.3 is 0 Å². The van der Waals surface area contributed by atoms with Crippen LogP contribution < -0.4 is 14.8 Å². The molecular weight excluding hydrogens is 424 g/mol. The van der Waals surface area contributed by atoms with Gasteiger partial charge in [0.05, 0.1) is 31.5 Å². The SMILES string of the molecule is CCOc1ccc(CC(=O)Nc2cc(C)nn2-c2nc(-c3ccc(OC)cc3)cs2)cc1. The van der Waals surface area contributed by atoms with Gasteiger partial charge in [0.1, 0.15) is 17.3 Å². The average molecular weight is 449 g/mol. The van der Waals surface area contributed by atoms with E-state index in [-0.39, 0.29) is 12.3 Å². The molecule has 1 amide bonds. The maximum absolute atomic E-state index is 12.7. The maximum Gasteiger partial charge on any atom is 0.229 e. The molecular formula is C24H24N4O3S. The van der Waals surface area contributed by atoms with Crippen molar-refractivity contribution in [3.05, 3.63) is 71.2 Å². The molecule has 2 heterocycles. The number of anilines is 1. The first kappa shape index (κ1) is 21.6. The number of carbonyl (C=O) groups is 1. The summed E-state index contributed by atoms with van der Waals surface area (Å²) in [5, 5.41) is 10.1. The second kappa shape index (κ2) is 9.65. The van der Waals surface area contributed by atoms with Gasteiger partial charge in [0, 0.05) is 17.0 Å². The first-order chi connectivity index (χ1) is 15.6. The summed E-state index contributed by atoms with van der Waals surface area (Å²) in [7, 11) is 1.64. The molecule has 8 heteroatoms. The Kier molecular flexibility index (Phi) is 6.51. The van der Waals surface area contributed by atoms with Crippen LogP contribution in [-0.2, 0) is 11.2 Å². The van der Waals surface area contributed by atoms with Crippen LogP contribution in [0.25, 0.3) is 16.4 Å². The molecule has 2 aromatic carbocycles. The number of hydrogen-bond donors (Lipinski definition) is 1. The summed E-state index contributed by atoms with van der Waals surface area (Å²) < 4.78 is 12.3. The van der Waals surface area contributed by atoms with E-state index < -0.39 is 0 Å². The summed E-state index contributed by atoms with van der Waals surface area (Å²) in [5.41, 5.74) is 3.53. The van der Waals surface area contributed by atoms with Crippen LogP contribution in [0.1, 0.15) is 18.2 Å². The van der Waals surface area contributed by atoms with Crippen LogP contribution in [0.4, 0.5) is 5.82 Å². The molecule has 164 valence electrons. The molecule has 0 saturated carbocycles. The smallest absolute Gasteiger partial charge is 0.229 e. The fourth-order valence-electron chi connectivity index (χ4n) is 3.23. The van der Waals surface area contributed by atoms with Gasteiger partial charge in [-0.3, -0.25) is 4.79 Å². The van der Waals surface area contributed by atoms with Crippen molar-refractivity contribution in [2.45, 2.75) is 20.3 Å². The van der Waals surface area contributed by atoms with Gasteiger partial charge in [-0.15, -0.1) is 11.3 Å². The first-order valence-corrected chi connectivity index (χ1v) is 11.1. The van der Waals surface area contributed by atoms with E-state index in [1.54, 1.807) is 11.8 Å². The van der Waals surface area contributed by atoms with Crippen LogP contribution >= 0.6 is 11.3 Å². The zero-order chi connectivity index (χ0) is 22.5. The molecule has 0 saturated heterocycles. The minimum absolute atomic E-state index is 0.123. The van der Waals surface area contributed by atoms with Crippen LogP contribution in [0.5, 0.6) is 11.5 Å². The van der Waals surface area contributed by atoms with Gasteiger partial charge in [-0.1, -0.05) is 12.1 Å². The zero-order valence-electron chi connectivity index (χ0n) is 18.2. The topological polar surface area (TPSA) is 78.3 Å². The number of methoxy groups -OCH3 is 1. The number of amides is 1. The van der Waals surface area contributed by atoms with Crippen molar-refractivity contribution in [1.82, 2.24) is 14.8 Å². The number of ether oxygens (including phenoxy) is 2. The van der Waals surface area contributed by atoms with Crippen molar-refractivity contribution in [3.63, 3.8) is 0 Å². The summed E-state index contributed by atoms with van der Waals surface area (Å²) in [6.45, 7) is 4.44. The second-order valence-electron chi connectivity index (χ2n) is 7.13. The van der Waals surface area contributed by atoms with Gasteiger partial charge in [-0.2, -0.15) is 9.78 Å². The minimum atomic E-state index is -0.123.